The summed E-state index contributed by atoms with van der Waals surface area (Å²) in [5, 5.41) is 0. The van der Waals surface area contributed by atoms with Gasteiger partial charge in [0.05, 0.1) is 17.7 Å². The van der Waals surface area contributed by atoms with Crippen molar-refractivity contribution in [3.8, 4) is 29.4 Å². The number of nitrogens with zero attached hydrogens (tertiary/aromatic N) is 2. The topological polar surface area (TPSA) is 159 Å². The van der Waals surface area contributed by atoms with Crippen LogP contribution < -0.4 is 4.74 Å². The monoisotopic (exact) mass is 670 g/mol. The van der Waals surface area contributed by atoms with Crippen LogP contribution in [0.1, 0.15) is 49.9 Å². The molecule has 0 spiro atoms. The van der Waals surface area contributed by atoms with Gasteiger partial charge >= 0.3 is 23.9 Å². The predicted molar refractivity (Wildman–Crippen MR) is 170 cm³/mol. The third-order valence-corrected chi connectivity index (χ3v) is 6.62. The Morgan fingerprint density at radius 2 is 1.16 bits per heavy atom. The standard InChI is InChI=1S/C36H34N2O11/c1-23(39)45-22-31-33(46-24(2)40)34(47-25(3)41)35(48-26(4)42)36(49-31)44-21-20-43-32-29(10-8-27-12-16-37-17-13-27)6-5-7-30(32)11-9-28-14-18-38-19-15-28/h5-7,12-19,31,33-36H,20-22H2,1-4H3/t31?,33-,34?,35?,36-/m1/s1. The van der Waals surface area contributed by atoms with E-state index < -0.39 is 54.6 Å². The lowest BCUT2D eigenvalue weighted by atomic mass is 9.98. The van der Waals surface area contributed by atoms with Crippen LogP contribution >= 0.6 is 0 Å². The number of pyridine rings is 2. The van der Waals surface area contributed by atoms with Gasteiger partial charge in [0, 0.05) is 63.6 Å². The van der Waals surface area contributed by atoms with Crippen LogP contribution in [0, 0.1) is 23.7 Å². The van der Waals surface area contributed by atoms with Crippen LogP contribution in [0.4, 0.5) is 0 Å². The first-order chi connectivity index (χ1) is 23.6. The summed E-state index contributed by atoms with van der Waals surface area (Å²) in [6.45, 7) is 4.06. The average molecular weight is 671 g/mol. The van der Waals surface area contributed by atoms with Crippen molar-refractivity contribution in [1.82, 2.24) is 9.97 Å². The molecule has 13 nitrogen and oxygen atoms in total. The number of hydrogen-bond acceptors (Lipinski definition) is 13. The number of esters is 4. The highest BCUT2D eigenvalue weighted by Crippen LogP contribution is 2.30. The molecule has 0 saturated carbocycles. The molecular formula is C36H34N2O11. The SMILES string of the molecule is CC(=O)OCC1O[C@@H](OCCOc2c(C#Cc3ccncc3)cccc2C#Cc2ccncc2)C(OC(C)=O)C(OC(C)=O)[C@@H]1OC(C)=O. The zero-order valence-electron chi connectivity index (χ0n) is 27.2. The zero-order valence-corrected chi connectivity index (χ0v) is 27.2. The Bertz CT molecular complexity index is 1670. The van der Waals surface area contributed by atoms with E-state index in [1.807, 2.05) is 6.07 Å². The summed E-state index contributed by atoms with van der Waals surface area (Å²) in [5.41, 5.74) is 2.62. The number of carbonyl (C=O) groups excluding carboxylic acids is 4. The van der Waals surface area contributed by atoms with Gasteiger partial charge in [-0.05, 0) is 36.4 Å². The van der Waals surface area contributed by atoms with E-state index in [0.29, 0.717) is 16.9 Å². The molecule has 254 valence electrons. The Morgan fingerprint density at radius 1 is 0.653 bits per heavy atom. The smallest absolute Gasteiger partial charge is 0.303 e. The molecule has 3 unspecified atom stereocenters. The lowest BCUT2D eigenvalue weighted by molar-refractivity contribution is -0.308. The predicted octanol–water partition coefficient (Wildman–Crippen LogP) is 2.75. The molecule has 3 heterocycles. The minimum Gasteiger partial charge on any atom is -0.489 e. The Hall–Kier alpha value is -5.76. The van der Waals surface area contributed by atoms with E-state index in [4.69, 9.17) is 33.2 Å². The van der Waals surface area contributed by atoms with E-state index in [1.54, 1.807) is 61.2 Å². The molecule has 1 aromatic carbocycles. The first kappa shape index (κ1) is 36.1. The zero-order chi connectivity index (χ0) is 35.2. The van der Waals surface area contributed by atoms with Crippen molar-refractivity contribution in [2.24, 2.45) is 0 Å². The van der Waals surface area contributed by atoms with Gasteiger partial charge in [0.1, 0.15) is 19.3 Å². The molecule has 0 N–H and O–H groups in total. The largest absolute Gasteiger partial charge is 0.489 e. The first-order valence-corrected chi connectivity index (χ1v) is 15.1. The van der Waals surface area contributed by atoms with E-state index in [2.05, 4.69) is 33.6 Å². The number of aromatic nitrogens is 2. The minimum atomic E-state index is -1.36. The van der Waals surface area contributed by atoms with E-state index in [-0.39, 0.29) is 19.8 Å². The van der Waals surface area contributed by atoms with Crippen LogP contribution in [-0.2, 0) is 47.6 Å². The number of para-hydroxylation sites is 1. The van der Waals surface area contributed by atoms with Crippen LogP contribution in [0.15, 0.2) is 67.3 Å². The van der Waals surface area contributed by atoms with Gasteiger partial charge in [-0.3, -0.25) is 29.1 Å². The molecule has 0 aliphatic carbocycles. The molecule has 0 radical (unpaired) electrons. The maximum absolute atomic E-state index is 12.1. The Morgan fingerprint density at radius 3 is 1.67 bits per heavy atom. The fraction of sp³-hybridized carbons (Fsp3) is 0.333. The third kappa shape index (κ3) is 11.2. The minimum absolute atomic E-state index is 0.0508. The second-order valence-electron chi connectivity index (χ2n) is 10.4. The highest BCUT2D eigenvalue weighted by Gasteiger charge is 2.52. The van der Waals surface area contributed by atoms with Gasteiger partial charge in [-0.2, -0.15) is 0 Å². The molecular weight excluding hydrogens is 636 g/mol. The van der Waals surface area contributed by atoms with Crippen LogP contribution in [0.25, 0.3) is 0 Å². The molecule has 0 amide bonds. The van der Waals surface area contributed by atoms with Crippen molar-refractivity contribution >= 4 is 23.9 Å². The Balaban J connectivity index is 1.59. The van der Waals surface area contributed by atoms with Crippen molar-refractivity contribution in [1.29, 1.82) is 0 Å². The lowest BCUT2D eigenvalue weighted by Gasteiger charge is -2.44. The Labute approximate surface area is 283 Å². The number of carbonyl (C=O) groups is 4. The normalized spacial score (nSPS) is 19.5. The first-order valence-electron chi connectivity index (χ1n) is 15.1. The lowest BCUT2D eigenvalue weighted by Crippen LogP contribution is -2.63. The molecule has 13 heteroatoms. The third-order valence-electron chi connectivity index (χ3n) is 6.62. The van der Waals surface area contributed by atoms with Crippen molar-refractivity contribution in [3.05, 3.63) is 89.5 Å². The second-order valence-corrected chi connectivity index (χ2v) is 10.4. The Kier molecular flexibility index (Phi) is 13.2. The van der Waals surface area contributed by atoms with Gasteiger partial charge in [-0.1, -0.05) is 29.7 Å². The van der Waals surface area contributed by atoms with E-state index in [0.717, 1.165) is 31.9 Å². The molecule has 3 aromatic rings. The quantitative estimate of drug-likeness (QED) is 0.134. The van der Waals surface area contributed by atoms with Gasteiger partial charge in [0.15, 0.2) is 30.4 Å². The number of rotatable bonds is 10. The summed E-state index contributed by atoms with van der Waals surface area (Å²) in [5.74, 6) is 9.98. The second kappa shape index (κ2) is 18.0. The van der Waals surface area contributed by atoms with E-state index >= 15 is 0 Å². The maximum atomic E-state index is 12.1. The number of hydrogen-bond donors (Lipinski definition) is 0. The summed E-state index contributed by atoms with van der Waals surface area (Å²) in [6, 6.07) is 12.5. The molecule has 1 aliphatic rings. The maximum Gasteiger partial charge on any atom is 0.303 e. The van der Waals surface area contributed by atoms with Crippen molar-refractivity contribution < 1.29 is 52.3 Å². The summed E-state index contributed by atoms with van der Waals surface area (Å²) >= 11 is 0. The van der Waals surface area contributed by atoms with Crippen molar-refractivity contribution in [3.63, 3.8) is 0 Å². The summed E-state index contributed by atoms with van der Waals surface area (Å²) in [6.07, 6.45) is 0.0575. The molecule has 0 bridgehead atoms. The molecule has 1 saturated heterocycles. The van der Waals surface area contributed by atoms with Crippen LogP contribution in [0.5, 0.6) is 5.75 Å². The van der Waals surface area contributed by atoms with Crippen LogP contribution in [0.2, 0.25) is 0 Å². The highest BCUT2D eigenvalue weighted by molar-refractivity contribution is 5.69. The van der Waals surface area contributed by atoms with Gasteiger partial charge < -0.3 is 33.2 Å². The number of benzene rings is 1. The van der Waals surface area contributed by atoms with Gasteiger partial charge in [0.25, 0.3) is 0 Å². The highest BCUT2D eigenvalue weighted by atomic mass is 16.7. The number of ether oxygens (including phenoxy) is 7. The van der Waals surface area contributed by atoms with Gasteiger partial charge in [-0.15, -0.1) is 0 Å². The fourth-order valence-electron chi connectivity index (χ4n) is 4.67. The average Bonchev–Trinajstić information content (AvgIpc) is 3.07. The van der Waals surface area contributed by atoms with E-state index in [1.165, 1.54) is 6.92 Å². The molecule has 49 heavy (non-hydrogen) atoms. The summed E-state index contributed by atoms with van der Waals surface area (Å²) in [7, 11) is 0. The molecule has 1 fully saturated rings. The van der Waals surface area contributed by atoms with Crippen molar-refractivity contribution in [2.75, 3.05) is 19.8 Å². The summed E-state index contributed by atoms with van der Waals surface area (Å²) < 4.78 is 39.6. The fourth-order valence-corrected chi connectivity index (χ4v) is 4.67. The summed E-state index contributed by atoms with van der Waals surface area (Å²) in [4.78, 5) is 55.9. The van der Waals surface area contributed by atoms with Crippen molar-refractivity contribution in [2.45, 2.75) is 58.4 Å². The van der Waals surface area contributed by atoms with Crippen LogP contribution in [-0.4, -0.2) is 84.4 Å². The molecule has 4 rings (SSSR count). The van der Waals surface area contributed by atoms with Crippen LogP contribution in [0.3, 0.4) is 0 Å². The molecule has 5 atom stereocenters. The van der Waals surface area contributed by atoms with Gasteiger partial charge in [0.2, 0.25) is 0 Å². The molecule has 1 aliphatic heterocycles. The van der Waals surface area contributed by atoms with Gasteiger partial charge in [-0.25, -0.2) is 0 Å². The van der Waals surface area contributed by atoms with E-state index in [9.17, 15) is 19.2 Å². The molecule has 2 aromatic heterocycles.